The van der Waals surface area contributed by atoms with Crippen molar-refractivity contribution in [2.45, 2.75) is 26.3 Å². The summed E-state index contributed by atoms with van der Waals surface area (Å²) in [6, 6.07) is 37.7. The van der Waals surface area contributed by atoms with E-state index in [1.165, 1.54) is 10.5 Å². The molecule has 220 valence electrons. The molecule has 0 radical (unpaired) electrons. The fourth-order valence-electron chi connectivity index (χ4n) is 3.47. The van der Waals surface area contributed by atoms with E-state index in [4.69, 9.17) is 26.9 Å². The predicted octanol–water partition coefficient (Wildman–Crippen LogP) is 7.17. The van der Waals surface area contributed by atoms with Gasteiger partial charge in [0, 0.05) is 31.7 Å². The lowest BCUT2D eigenvalue weighted by Gasteiger charge is -2.17. The number of ether oxygens (including phenoxy) is 2. The number of nitrogens with zero attached hydrogens (tertiary/aromatic N) is 3. The number of carbonyl (C=O) groups is 2. The number of hydrogen-bond acceptors (Lipinski definition) is 7. The number of amides is 1. The summed E-state index contributed by atoms with van der Waals surface area (Å²) in [6.45, 7) is 1.80. The standard InChI is InChI=1S/C17H16N2O2.C9H10N2.C8H7ClO2/c1-19(12-15-9-7-14(11-18)8-10-15)17(20)21-13-16-5-3-2-4-6-16;1-11-7-9-4-2-8(6-10)3-5-9;9-8(10)11-6-7-4-2-1-3-5-7/h2-10H,12-13H2,1H3;2-5,11H,7H2,1H3;1-5H,6H2. The molecule has 9 heteroatoms. The second-order valence-electron chi connectivity index (χ2n) is 9.06. The van der Waals surface area contributed by atoms with Gasteiger partial charge in [0.2, 0.25) is 0 Å². The molecule has 4 aromatic rings. The number of halogens is 1. The van der Waals surface area contributed by atoms with Gasteiger partial charge < -0.3 is 19.7 Å². The third kappa shape index (κ3) is 14.3. The van der Waals surface area contributed by atoms with Crippen LogP contribution in [0.25, 0.3) is 0 Å². The Morgan fingerprint density at radius 1 is 0.698 bits per heavy atom. The molecule has 0 aliphatic heterocycles. The van der Waals surface area contributed by atoms with Gasteiger partial charge in [-0.1, -0.05) is 84.9 Å². The van der Waals surface area contributed by atoms with Crippen molar-refractivity contribution in [1.82, 2.24) is 10.2 Å². The van der Waals surface area contributed by atoms with E-state index in [1.807, 2.05) is 104 Å². The van der Waals surface area contributed by atoms with Crippen molar-refractivity contribution in [2.75, 3.05) is 14.1 Å². The minimum atomic E-state index is -0.770. The summed E-state index contributed by atoms with van der Waals surface area (Å²) >= 11 is 4.97. The maximum Gasteiger partial charge on any atom is 0.410 e. The van der Waals surface area contributed by atoms with Crippen LogP contribution in [0.4, 0.5) is 9.59 Å². The highest BCUT2D eigenvalue weighted by Gasteiger charge is 2.10. The SMILES string of the molecule is CN(Cc1ccc(C#N)cc1)C(=O)OCc1ccccc1.CNCc1ccc(C#N)cc1.O=C(Cl)OCc1ccccc1. The number of hydrogen-bond donors (Lipinski definition) is 1. The fourth-order valence-corrected chi connectivity index (χ4v) is 3.52. The Morgan fingerprint density at radius 2 is 1.14 bits per heavy atom. The highest BCUT2D eigenvalue weighted by Crippen LogP contribution is 2.08. The van der Waals surface area contributed by atoms with Crippen molar-refractivity contribution < 1.29 is 19.1 Å². The van der Waals surface area contributed by atoms with Crippen LogP contribution < -0.4 is 5.32 Å². The highest BCUT2D eigenvalue weighted by molar-refractivity contribution is 6.61. The maximum atomic E-state index is 11.9. The summed E-state index contributed by atoms with van der Waals surface area (Å²) in [6.07, 6.45) is -0.372. The van der Waals surface area contributed by atoms with Crippen LogP contribution in [-0.2, 0) is 35.8 Å². The van der Waals surface area contributed by atoms with Gasteiger partial charge in [0.1, 0.15) is 13.2 Å². The second kappa shape index (κ2) is 19.8. The second-order valence-corrected chi connectivity index (χ2v) is 9.36. The van der Waals surface area contributed by atoms with Crippen LogP contribution >= 0.6 is 11.6 Å². The first-order valence-electron chi connectivity index (χ1n) is 13.2. The molecule has 0 saturated heterocycles. The summed E-state index contributed by atoms with van der Waals surface area (Å²) in [5.74, 6) is 0. The van der Waals surface area contributed by atoms with E-state index in [1.54, 1.807) is 19.2 Å². The average molecular weight is 597 g/mol. The number of rotatable bonds is 8. The van der Waals surface area contributed by atoms with Gasteiger partial charge in [-0.05, 0) is 53.6 Å². The van der Waals surface area contributed by atoms with Crippen LogP contribution in [0.3, 0.4) is 0 Å². The Kier molecular flexibility index (Phi) is 15.7. The molecule has 0 aromatic heterocycles. The number of benzene rings is 4. The lowest BCUT2D eigenvalue weighted by Crippen LogP contribution is -2.26. The Bertz CT molecular complexity index is 1470. The number of carbonyl (C=O) groups excluding carboxylic acids is 2. The average Bonchev–Trinajstić information content (AvgIpc) is 3.05. The van der Waals surface area contributed by atoms with Crippen molar-refractivity contribution in [2.24, 2.45) is 0 Å². The van der Waals surface area contributed by atoms with E-state index >= 15 is 0 Å². The molecular formula is C34H33ClN4O4. The molecule has 0 spiro atoms. The van der Waals surface area contributed by atoms with Crippen molar-refractivity contribution >= 4 is 23.1 Å². The molecule has 4 aromatic carbocycles. The monoisotopic (exact) mass is 596 g/mol. The van der Waals surface area contributed by atoms with E-state index in [9.17, 15) is 9.59 Å². The smallest absolute Gasteiger partial charge is 0.410 e. The van der Waals surface area contributed by atoms with Crippen molar-refractivity contribution in [3.8, 4) is 12.1 Å². The van der Waals surface area contributed by atoms with Crippen molar-refractivity contribution in [3.05, 3.63) is 143 Å². The Hall–Kier alpha value is -5.15. The zero-order chi connectivity index (χ0) is 31.3. The molecule has 43 heavy (non-hydrogen) atoms. The highest BCUT2D eigenvalue weighted by atomic mass is 35.5. The Labute approximate surface area is 257 Å². The van der Waals surface area contributed by atoms with Crippen LogP contribution in [0.15, 0.2) is 109 Å². The summed E-state index contributed by atoms with van der Waals surface area (Å²) < 4.78 is 9.80. The lowest BCUT2D eigenvalue weighted by atomic mass is 10.1. The van der Waals surface area contributed by atoms with Crippen molar-refractivity contribution in [1.29, 1.82) is 10.5 Å². The molecule has 0 unspecified atom stereocenters. The van der Waals surface area contributed by atoms with Crippen LogP contribution in [0, 0.1) is 22.7 Å². The normalized spacial score (nSPS) is 9.42. The van der Waals surface area contributed by atoms with Crippen LogP contribution in [0.2, 0.25) is 0 Å². The van der Waals surface area contributed by atoms with Gasteiger partial charge in [-0.3, -0.25) is 0 Å². The van der Waals surface area contributed by atoms with E-state index in [2.05, 4.69) is 22.2 Å². The quantitative estimate of drug-likeness (QED) is 0.214. The first-order chi connectivity index (χ1) is 20.8. The van der Waals surface area contributed by atoms with Crippen LogP contribution in [0.5, 0.6) is 0 Å². The van der Waals surface area contributed by atoms with E-state index in [0.717, 1.165) is 23.2 Å². The summed E-state index contributed by atoms with van der Waals surface area (Å²) in [7, 11) is 3.59. The zero-order valence-electron chi connectivity index (χ0n) is 24.1. The predicted molar refractivity (Wildman–Crippen MR) is 166 cm³/mol. The van der Waals surface area contributed by atoms with Crippen LogP contribution in [-0.4, -0.2) is 30.5 Å². The van der Waals surface area contributed by atoms with Gasteiger partial charge in [-0.25, -0.2) is 9.59 Å². The third-order valence-corrected chi connectivity index (χ3v) is 5.79. The van der Waals surface area contributed by atoms with Gasteiger partial charge in [0.05, 0.1) is 23.3 Å². The van der Waals surface area contributed by atoms with E-state index in [0.29, 0.717) is 17.7 Å². The molecule has 0 aliphatic carbocycles. The van der Waals surface area contributed by atoms with Gasteiger partial charge in [-0.2, -0.15) is 10.5 Å². The first-order valence-corrected chi connectivity index (χ1v) is 13.6. The van der Waals surface area contributed by atoms with Gasteiger partial charge in [-0.15, -0.1) is 0 Å². The summed E-state index contributed by atoms with van der Waals surface area (Å²) in [5, 5.41) is 20.3. The van der Waals surface area contributed by atoms with Crippen LogP contribution in [0.1, 0.15) is 33.4 Å². The van der Waals surface area contributed by atoms with Crippen molar-refractivity contribution in [3.63, 3.8) is 0 Å². The fraction of sp³-hybridized carbons (Fsp3) is 0.176. The molecule has 1 amide bonds. The minimum Gasteiger partial charge on any atom is -0.449 e. The number of nitrogens with one attached hydrogen (secondary N) is 1. The first kappa shape index (κ1) is 34.1. The topological polar surface area (TPSA) is 115 Å². The molecule has 4 rings (SSSR count). The summed E-state index contributed by atoms with van der Waals surface area (Å²) in [5.41, 5.74) is 4.59. The molecule has 0 aliphatic rings. The number of nitriles is 2. The molecule has 0 saturated carbocycles. The Morgan fingerprint density at radius 3 is 1.56 bits per heavy atom. The molecule has 0 bridgehead atoms. The minimum absolute atomic E-state index is 0.239. The van der Waals surface area contributed by atoms with Gasteiger partial charge in [0.25, 0.3) is 0 Å². The largest absolute Gasteiger partial charge is 0.449 e. The molecule has 0 fully saturated rings. The molecule has 8 nitrogen and oxygen atoms in total. The lowest BCUT2D eigenvalue weighted by molar-refractivity contribution is 0.103. The van der Waals surface area contributed by atoms with E-state index in [-0.39, 0.29) is 19.3 Å². The molecular weight excluding hydrogens is 564 g/mol. The summed E-state index contributed by atoms with van der Waals surface area (Å²) in [4.78, 5) is 23.6. The molecule has 0 atom stereocenters. The zero-order valence-corrected chi connectivity index (χ0v) is 24.8. The maximum absolute atomic E-state index is 11.9. The third-order valence-electron chi connectivity index (χ3n) is 5.68. The van der Waals surface area contributed by atoms with Gasteiger partial charge >= 0.3 is 11.5 Å². The van der Waals surface area contributed by atoms with E-state index < -0.39 is 5.43 Å². The van der Waals surface area contributed by atoms with Gasteiger partial charge in [0.15, 0.2) is 0 Å². The molecule has 1 N–H and O–H groups in total. The molecule has 0 heterocycles. The Balaban J connectivity index is 0.000000247.